The van der Waals surface area contributed by atoms with Crippen molar-refractivity contribution in [3.63, 3.8) is 0 Å². The fourth-order valence-corrected chi connectivity index (χ4v) is 5.65. The lowest BCUT2D eigenvalue weighted by molar-refractivity contribution is -0.147. The number of rotatable bonds is 4. The Morgan fingerprint density at radius 3 is 2.61 bits per heavy atom. The zero-order valence-electron chi connectivity index (χ0n) is 16.3. The zero-order valence-corrected chi connectivity index (χ0v) is 17.1. The van der Waals surface area contributed by atoms with Crippen molar-refractivity contribution in [3.8, 4) is 0 Å². The van der Waals surface area contributed by atoms with E-state index in [-0.39, 0.29) is 11.3 Å². The van der Waals surface area contributed by atoms with Crippen molar-refractivity contribution in [1.29, 1.82) is 0 Å². The van der Waals surface area contributed by atoms with Gasteiger partial charge in [-0.1, -0.05) is 0 Å². The van der Waals surface area contributed by atoms with Crippen LogP contribution in [-0.4, -0.2) is 83.7 Å². The summed E-state index contributed by atoms with van der Waals surface area (Å²) in [5, 5.41) is 10.6. The van der Waals surface area contributed by atoms with Crippen molar-refractivity contribution in [3.05, 3.63) is 11.1 Å². The van der Waals surface area contributed by atoms with Crippen molar-refractivity contribution in [1.82, 2.24) is 14.8 Å². The SMILES string of the molecule is CC(=O)N1CC2(CCN(Cc3cnc(N4CCOCC4)s3)CC2)CC1C(=O)O. The molecule has 4 heterocycles. The van der Waals surface area contributed by atoms with Gasteiger partial charge in [-0.05, 0) is 37.8 Å². The number of aliphatic carboxylic acids is 1. The average molecular weight is 409 g/mol. The van der Waals surface area contributed by atoms with E-state index in [0.29, 0.717) is 13.0 Å². The Hall–Kier alpha value is -1.71. The summed E-state index contributed by atoms with van der Waals surface area (Å²) in [6.07, 6.45) is 4.44. The van der Waals surface area contributed by atoms with E-state index in [2.05, 4.69) is 14.8 Å². The quantitative estimate of drug-likeness (QED) is 0.803. The second-order valence-corrected chi connectivity index (χ2v) is 9.28. The highest BCUT2D eigenvalue weighted by molar-refractivity contribution is 7.15. The van der Waals surface area contributed by atoms with Gasteiger partial charge in [0, 0.05) is 44.2 Å². The van der Waals surface area contributed by atoms with E-state index in [9.17, 15) is 14.7 Å². The minimum Gasteiger partial charge on any atom is -0.480 e. The van der Waals surface area contributed by atoms with Crippen molar-refractivity contribution >= 4 is 28.3 Å². The molecule has 1 unspecified atom stereocenters. The molecule has 4 rings (SSSR count). The summed E-state index contributed by atoms with van der Waals surface area (Å²) in [4.78, 5) is 35.5. The topological polar surface area (TPSA) is 86.2 Å². The predicted molar refractivity (Wildman–Crippen MR) is 106 cm³/mol. The summed E-state index contributed by atoms with van der Waals surface area (Å²) in [7, 11) is 0. The molecule has 3 saturated heterocycles. The highest BCUT2D eigenvalue weighted by Gasteiger charge is 2.49. The number of carboxylic acids is 1. The van der Waals surface area contributed by atoms with Gasteiger partial charge in [-0.2, -0.15) is 0 Å². The normalized spacial score (nSPS) is 25.4. The standard InChI is InChI=1S/C19H28N4O4S/c1-14(24)23-13-19(10-16(23)17(25)26)2-4-21(5-3-19)12-15-11-20-18(28-15)22-6-8-27-9-7-22/h11,16H,2-10,12-13H2,1H3,(H,25,26). The second kappa shape index (κ2) is 7.96. The maximum atomic E-state index is 11.9. The van der Waals surface area contributed by atoms with Gasteiger partial charge < -0.3 is 19.6 Å². The highest BCUT2D eigenvalue weighted by Crippen LogP contribution is 2.43. The molecule has 1 N–H and O–H groups in total. The van der Waals surface area contributed by atoms with E-state index in [0.717, 1.165) is 63.9 Å². The van der Waals surface area contributed by atoms with E-state index >= 15 is 0 Å². The first-order chi connectivity index (χ1) is 13.5. The number of amides is 1. The van der Waals surface area contributed by atoms with Gasteiger partial charge in [0.05, 0.1) is 13.2 Å². The maximum absolute atomic E-state index is 11.9. The minimum atomic E-state index is -0.880. The number of hydrogen-bond acceptors (Lipinski definition) is 7. The Labute approximate surface area is 169 Å². The molecule has 1 aromatic heterocycles. The third-order valence-corrected chi connectivity index (χ3v) is 7.36. The minimum absolute atomic E-state index is 0.0438. The van der Waals surface area contributed by atoms with Crippen LogP contribution in [0.3, 0.4) is 0 Å². The number of carbonyl (C=O) groups is 2. The number of anilines is 1. The summed E-state index contributed by atoms with van der Waals surface area (Å²) in [6, 6.07) is -0.665. The van der Waals surface area contributed by atoms with Crippen molar-refractivity contribution in [2.24, 2.45) is 5.41 Å². The Balaban J connectivity index is 1.33. The van der Waals surface area contributed by atoms with Gasteiger partial charge in [-0.15, -0.1) is 11.3 Å². The molecule has 0 bridgehead atoms. The number of hydrogen-bond donors (Lipinski definition) is 1. The van der Waals surface area contributed by atoms with E-state index in [1.54, 1.807) is 16.2 Å². The number of likely N-dealkylation sites (tertiary alicyclic amines) is 2. The molecule has 0 saturated carbocycles. The molecular weight excluding hydrogens is 380 g/mol. The molecule has 3 fully saturated rings. The number of carbonyl (C=O) groups excluding carboxylic acids is 1. The molecule has 0 aromatic carbocycles. The van der Waals surface area contributed by atoms with E-state index in [1.165, 1.54) is 11.8 Å². The van der Waals surface area contributed by atoms with Crippen molar-refractivity contribution in [2.45, 2.75) is 38.8 Å². The third-order valence-electron chi connectivity index (χ3n) is 6.32. The molecule has 1 aromatic rings. The summed E-state index contributed by atoms with van der Waals surface area (Å²) >= 11 is 1.75. The number of nitrogens with zero attached hydrogens (tertiary/aromatic N) is 4. The molecular formula is C19H28N4O4S. The molecule has 28 heavy (non-hydrogen) atoms. The zero-order chi connectivity index (χ0) is 19.7. The first kappa shape index (κ1) is 19.6. The van der Waals surface area contributed by atoms with E-state index in [4.69, 9.17) is 4.74 Å². The Kier molecular flexibility index (Phi) is 5.57. The van der Waals surface area contributed by atoms with Crippen LogP contribution in [0.25, 0.3) is 0 Å². The first-order valence-corrected chi connectivity index (χ1v) is 10.8. The number of aromatic nitrogens is 1. The van der Waals surface area contributed by atoms with Gasteiger partial charge in [0.1, 0.15) is 6.04 Å². The number of morpholine rings is 1. The average Bonchev–Trinajstić information content (AvgIpc) is 3.30. The van der Waals surface area contributed by atoms with Crippen LogP contribution in [-0.2, 0) is 20.9 Å². The molecule has 1 atom stereocenters. The van der Waals surface area contributed by atoms with Gasteiger partial charge in [-0.25, -0.2) is 9.78 Å². The summed E-state index contributed by atoms with van der Waals surface area (Å²) in [6.45, 7) is 8.13. The maximum Gasteiger partial charge on any atom is 0.326 e. The van der Waals surface area contributed by atoms with Crippen LogP contribution in [0.5, 0.6) is 0 Å². The van der Waals surface area contributed by atoms with Crippen LogP contribution < -0.4 is 4.90 Å². The summed E-state index contributed by atoms with van der Waals surface area (Å²) in [5.74, 6) is -1.01. The number of piperidine rings is 1. The van der Waals surface area contributed by atoms with Crippen molar-refractivity contribution in [2.75, 3.05) is 50.8 Å². The molecule has 8 nitrogen and oxygen atoms in total. The Morgan fingerprint density at radius 1 is 1.29 bits per heavy atom. The largest absolute Gasteiger partial charge is 0.480 e. The van der Waals surface area contributed by atoms with Crippen LogP contribution in [0.1, 0.15) is 31.1 Å². The third kappa shape index (κ3) is 4.01. The van der Waals surface area contributed by atoms with Crippen LogP contribution in [0, 0.1) is 5.41 Å². The van der Waals surface area contributed by atoms with Crippen LogP contribution in [0.15, 0.2) is 6.20 Å². The summed E-state index contributed by atoms with van der Waals surface area (Å²) < 4.78 is 5.41. The fraction of sp³-hybridized carbons (Fsp3) is 0.737. The van der Waals surface area contributed by atoms with Crippen molar-refractivity contribution < 1.29 is 19.4 Å². The molecule has 154 valence electrons. The van der Waals surface area contributed by atoms with Gasteiger partial charge in [0.15, 0.2) is 5.13 Å². The second-order valence-electron chi connectivity index (χ2n) is 8.19. The van der Waals surface area contributed by atoms with E-state index in [1.807, 2.05) is 6.20 Å². The lowest BCUT2D eigenvalue weighted by Crippen LogP contribution is -2.42. The molecule has 3 aliphatic rings. The molecule has 1 amide bonds. The predicted octanol–water partition coefficient (Wildman–Crippen LogP) is 1.27. The van der Waals surface area contributed by atoms with Gasteiger partial charge in [0.25, 0.3) is 0 Å². The first-order valence-electron chi connectivity index (χ1n) is 9.96. The van der Waals surface area contributed by atoms with Gasteiger partial charge in [0.2, 0.25) is 5.91 Å². The molecule has 9 heteroatoms. The van der Waals surface area contributed by atoms with E-state index < -0.39 is 12.0 Å². The lowest BCUT2D eigenvalue weighted by Gasteiger charge is -2.39. The molecule has 0 radical (unpaired) electrons. The fourth-order valence-electron chi connectivity index (χ4n) is 4.65. The highest BCUT2D eigenvalue weighted by atomic mass is 32.1. The van der Waals surface area contributed by atoms with Crippen LogP contribution in [0.2, 0.25) is 0 Å². The Morgan fingerprint density at radius 2 is 2.00 bits per heavy atom. The van der Waals surface area contributed by atoms with Gasteiger partial charge in [-0.3, -0.25) is 9.69 Å². The van der Waals surface area contributed by atoms with Gasteiger partial charge >= 0.3 is 5.97 Å². The number of thiazole rings is 1. The summed E-state index contributed by atoms with van der Waals surface area (Å²) in [5.41, 5.74) is -0.0438. The van der Waals surface area contributed by atoms with Crippen LogP contribution in [0.4, 0.5) is 5.13 Å². The smallest absolute Gasteiger partial charge is 0.326 e. The Bertz CT molecular complexity index is 701. The number of ether oxygens (including phenoxy) is 1. The molecule has 3 aliphatic heterocycles. The monoisotopic (exact) mass is 408 g/mol. The molecule has 1 spiro atoms. The lowest BCUT2D eigenvalue weighted by atomic mass is 9.76. The number of carboxylic acid groups (broad SMARTS) is 1. The molecule has 0 aliphatic carbocycles. The van der Waals surface area contributed by atoms with Crippen LogP contribution >= 0.6 is 11.3 Å².